The highest BCUT2D eigenvalue weighted by Crippen LogP contribution is 2.35. The van der Waals surface area contributed by atoms with Crippen molar-refractivity contribution >= 4 is 11.8 Å². The molecule has 0 spiro atoms. The van der Waals surface area contributed by atoms with Crippen LogP contribution in [0.1, 0.15) is 13.3 Å². The zero-order valence-corrected chi connectivity index (χ0v) is 11.8. The lowest BCUT2D eigenvalue weighted by Crippen LogP contribution is -2.47. The van der Waals surface area contributed by atoms with E-state index >= 15 is 0 Å². The van der Waals surface area contributed by atoms with E-state index in [1.807, 2.05) is 30.9 Å². The van der Waals surface area contributed by atoms with Gasteiger partial charge in [0.2, 0.25) is 0 Å². The first-order chi connectivity index (χ1) is 8.85. The monoisotopic (exact) mass is 267 g/mol. The van der Waals surface area contributed by atoms with Crippen LogP contribution in [0.25, 0.3) is 0 Å². The Labute approximate surface area is 113 Å². The van der Waals surface area contributed by atoms with Gasteiger partial charge in [-0.3, -0.25) is 0 Å². The molecule has 100 valence electrons. The predicted octanol–water partition coefficient (Wildman–Crippen LogP) is 2.55. The first-order valence-corrected chi connectivity index (χ1v) is 7.47. The number of hydrogen-bond donors (Lipinski definition) is 1. The molecule has 4 heteroatoms. The molecule has 1 heterocycles. The van der Waals surface area contributed by atoms with E-state index in [0.29, 0.717) is 6.61 Å². The van der Waals surface area contributed by atoms with Crippen molar-refractivity contribution in [1.82, 2.24) is 5.32 Å². The number of hydrogen-bond acceptors (Lipinski definition) is 4. The van der Waals surface area contributed by atoms with Crippen LogP contribution >= 0.6 is 11.8 Å². The van der Waals surface area contributed by atoms with Gasteiger partial charge in [0.15, 0.2) is 0 Å². The highest BCUT2D eigenvalue weighted by Gasteiger charge is 2.27. The second-order valence-corrected chi connectivity index (χ2v) is 5.45. The van der Waals surface area contributed by atoms with Crippen molar-refractivity contribution in [3.63, 3.8) is 0 Å². The highest BCUT2D eigenvalue weighted by molar-refractivity contribution is 7.99. The number of thioether (sulfide) groups is 1. The molecule has 0 saturated heterocycles. The summed E-state index contributed by atoms with van der Waals surface area (Å²) in [6.45, 7) is 3.64. The molecule has 0 aliphatic carbocycles. The Balaban J connectivity index is 1.93. The van der Waals surface area contributed by atoms with Gasteiger partial charge in [0.1, 0.15) is 11.9 Å². The molecule has 18 heavy (non-hydrogen) atoms. The van der Waals surface area contributed by atoms with Crippen LogP contribution in [-0.4, -0.2) is 38.2 Å². The zero-order valence-electron chi connectivity index (χ0n) is 11.0. The Bertz CT molecular complexity index is 373. The average Bonchev–Trinajstić information content (AvgIpc) is 2.43. The molecular formula is C14H21NO2S. The van der Waals surface area contributed by atoms with Crippen molar-refractivity contribution in [3.05, 3.63) is 24.3 Å². The maximum absolute atomic E-state index is 6.05. The van der Waals surface area contributed by atoms with E-state index in [2.05, 4.69) is 24.4 Å². The molecule has 0 bridgehead atoms. The molecule has 1 aliphatic heterocycles. The Morgan fingerprint density at radius 1 is 1.50 bits per heavy atom. The second kappa shape index (κ2) is 7.02. The first kappa shape index (κ1) is 13.7. The summed E-state index contributed by atoms with van der Waals surface area (Å²) in [4.78, 5) is 1.23. The summed E-state index contributed by atoms with van der Waals surface area (Å²) in [7, 11) is 1.97. The van der Waals surface area contributed by atoms with Crippen LogP contribution in [0.5, 0.6) is 5.75 Å². The maximum Gasteiger partial charge on any atom is 0.133 e. The average molecular weight is 267 g/mol. The minimum Gasteiger partial charge on any atom is -0.487 e. The Morgan fingerprint density at radius 3 is 3.11 bits per heavy atom. The predicted molar refractivity (Wildman–Crippen MR) is 75.5 cm³/mol. The molecule has 0 saturated carbocycles. The SMILES string of the molecule is CCCOCC(NC)C1CSc2ccccc2O1. The van der Waals surface area contributed by atoms with Crippen molar-refractivity contribution in [2.45, 2.75) is 30.4 Å². The number of ether oxygens (including phenoxy) is 2. The molecule has 1 N–H and O–H groups in total. The van der Waals surface area contributed by atoms with Gasteiger partial charge < -0.3 is 14.8 Å². The summed E-state index contributed by atoms with van der Waals surface area (Å²) >= 11 is 1.86. The van der Waals surface area contributed by atoms with Gasteiger partial charge in [-0.05, 0) is 25.6 Å². The molecule has 1 aromatic rings. The number of rotatable bonds is 6. The van der Waals surface area contributed by atoms with Crippen molar-refractivity contribution in [1.29, 1.82) is 0 Å². The molecule has 3 nitrogen and oxygen atoms in total. The summed E-state index contributed by atoms with van der Waals surface area (Å²) < 4.78 is 11.7. The number of nitrogens with one attached hydrogen (secondary N) is 1. The van der Waals surface area contributed by atoms with Crippen molar-refractivity contribution in [2.75, 3.05) is 26.0 Å². The van der Waals surface area contributed by atoms with E-state index in [4.69, 9.17) is 9.47 Å². The van der Waals surface area contributed by atoms with E-state index < -0.39 is 0 Å². The summed E-state index contributed by atoms with van der Waals surface area (Å²) in [5.41, 5.74) is 0. The molecule has 0 radical (unpaired) electrons. The van der Waals surface area contributed by atoms with Gasteiger partial charge in [-0.15, -0.1) is 11.8 Å². The molecule has 0 aromatic heterocycles. The smallest absolute Gasteiger partial charge is 0.133 e. The second-order valence-electron chi connectivity index (χ2n) is 4.38. The van der Waals surface area contributed by atoms with Gasteiger partial charge in [-0.1, -0.05) is 19.1 Å². The molecule has 0 fully saturated rings. The summed E-state index contributed by atoms with van der Waals surface area (Å²) in [6, 6.07) is 8.46. The van der Waals surface area contributed by atoms with E-state index in [-0.39, 0.29) is 12.1 Å². The lowest BCUT2D eigenvalue weighted by Gasteiger charge is -2.31. The maximum atomic E-state index is 6.05. The largest absolute Gasteiger partial charge is 0.487 e. The van der Waals surface area contributed by atoms with Crippen LogP contribution in [0.2, 0.25) is 0 Å². The molecule has 1 aliphatic rings. The van der Waals surface area contributed by atoms with Crippen molar-refractivity contribution < 1.29 is 9.47 Å². The fourth-order valence-electron chi connectivity index (χ4n) is 1.97. The van der Waals surface area contributed by atoms with Crippen LogP contribution < -0.4 is 10.1 Å². The number of benzene rings is 1. The van der Waals surface area contributed by atoms with Crippen molar-refractivity contribution in [3.8, 4) is 5.75 Å². The third kappa shape index (κ3) is 3.40. The lowest BCUT2D eigenvalue weighted by molar-refractivity contribution is 0.0684. The molecule has 0 amide bonds. The number of para-hydroxylation sites is 1. The molecule has 2 rings (SSSR count). The van der Waals surface area contributed by atoms with E-state index in [0.717, 1.165) is 24.5 Å². The molecule has 2 unspecified atom stereocenters. The van der Waals surface area contributed by atoms with Crippen LogP contribution in [0, 0.1) is 0 Å². The Hall–Kier alpha value is -0.710. The number of likely N-dealkylation sites (N-methyl/N-ethyl adjacent to an activating group) is 1. The Kier molecular flexibility index (Phi) is 5.35. The lowest BCUT2D eigenvalue weighted by atomic mass is 10.2. The fraction of sp³-hybridized carbons (Fsp3) is 0.571. The zero-order chi connectivity index (χ0) is 12.8. The topological polar surface area (TPSA) is 30.5 Å². The van der Waals surface area contributed by atoms with E-state index in [1.54, 1.807) is 0 Å². The minimum absolute atomic E-state index is 0.173. The van der Waals surface area contributed by atoms with Gasteiger partial charge in [0.25, 0.3) is 0 Å². The highest BCUT2D eigenvalue weighted by atomic mass is 32.2. The standard InChI is InChI=1S/C14H21NO2S/c1-3-8-16-9-11(15-2)13-10-18-14-7-5-4-6-12(14)17-13/h4-7,11,13,15H,3,8-10H2,1-2H3. The van der Waals surface area contributed by atoms with Crippen LogP contribution in [0.4, 0.5) is 0 Å². The Morgan fingerprint density at radius 2 is 2.33 bits per heavy atom. The minimum atomic E-state index is 0.173. The number of fused-ring (bicyclic) bond motifs is 1. The van der Waals surface area contributed by atoms with E-state index in [9.17, 15) is 0 Å². The summed E-state index contributed by atoms with van der Waals surface area (Å²) in [5.74, 6) is 1.97. The normalized spacial score (nSPS) is 20.0. The van der Waals surface area contributed by atoms with Gasteiger partial charge in [-0.25, -0.2) is 0 Å². The summed E-state index contributed by atoms with van der Waals surface area (Å²) in [6.07, 6.45) is 1.23. The van der Waals surface area contributed by atoms with Gasteiger partial charge in [-0.2, -0.15) is 0 Å². The first-order valence-electron chi connectivity index (χ1n) is 6.48. The van der Waals surface area contributed by atoms with Crippen LogP contribution in [0.3, 0.4) is 0 Å². The molecule has 2 atom stereocenters. The van der Waals surface area contributed by atoms with Crippen molar-refractivity contribution in [2.24, 2.45) is 0 Å². The summed E-state index contributed by atoms with van der Waals surface area (Å²) in [5, 5.41) is 3.30. The van der Waals surface area contributed by atoms with Gasteiger partial charge >= 0.3 is 0 Å². The van der Waals surface area contributed by atoms with E-state index in [1.165, 1.54) is 4.90 Å². The quantitative estimate of drug-likeness (QED) is 0.802. The van der Waals surface area contributed by atoms with Gasteiger partial charge in [0, 0.05) is 17.3 Å². The molecule has 1 aromatic carbocycles. The third-order valence-corrected chi connectivity index (χ3v) is 4.14. The van der Waals surface area contributed by atoms with Gasteiger partial charge in [0.05, 0.1) is 12.6 Å². The molecular weight excluding hydrogens is 246 g/mol. The third-order valence-electron chi connectivity index (χ3n) is 3.00. The van der Waals surface area contributed by atoms with Crippen LogP contribution in [0.15, 0.2) is 29.2 Å². The fourth-order valence-corrected chi connectivity index (χ4v) is 3.04. The van der Waals surface area contributed by atoms with Crippen LogP contribution in [-0.2, 0) is 4.74 Å².